The minimum Gasteiger partial charge on any atom is -0.316 e. The predicted molar refractivity (Wildman–Crippen MR) is 77.1 cm³/mol. The Kier molecular flexibility index (Phi) is 6.32. The van der Waals surface area contributed by atoms with Crippen LogP contribution in [0.1, 0.15) is 32.3 Å². The van der Waals surface area contributed by atoms with E-state index in [1.807, 2.05) is 19.2 Å². The highest BCUT2D eigenvalue weighted by Crippen LogP contribution is 2.24. The molecule has 3 heteroatoms. The largest absolute Gasteiger partial charge is 0.316 e. The first kappa shape index (κ1) is 14.8. The first-order chi connectivity index (χ1) is 8.08. The molecule has 1 N–H and O–H groups in total. The first-order valence-electron chi connectivity index (χ1n) is 6.19. The monoisotopic (exact) mass is 273 g/mol. The Hall–Kier alpha value is -0.240. The lowest BCUT2D eigenvalue weighted by atomic mass is 9.92. The molecule has 1 aromatic carbocycles. The van der Waals surface area contributed by atoms with E-state index >= 15 is 0 Å². The van der Waals surface area contributed by atoms with Crippen LogP contribution in [0.4, 0.5) is 0 Å². The van der Waals surface area contributed by atoms with Gasteiger partial charge in [0.25, 0.3) is 0 Å². The fourth-order valence-electron chi connectivity index (χ4n) is 2.16. The van der Waals surface area contributed by atoms with Gasteiger partial charge in [0.1, 0.15) is 0 Å². The maximum absolute atomic E-state index is 6.03. The summed E-state index contributed by atoms with van der Waals surface area (Å²) >= 11 is 11.9. The minimum absolute atomic E-state index is 0.493. The molecule has 0 amide bonds. The van der Waals surface area contributed by atoms with Crippen molar-refractivity contribution in [2.75, 3.05) is 7.05 Å². The van der Waals surface area contributed by atoms with Gasteiger partial charge in [-0.1, -0.05) is 49.5 Å². The second-order valence-electron chi connectivity index (χ2n) is 4.61. The van der Waals surface area contributed by atoms with E-state index < -0.39 is 0 Å². The highest BCUT2D eigenvalue weighted by molar-refractivity contribution is 6.42. The SMILES string of the molecule is CCCC(C)C(Cc1ccc(Cl)c(Cl)c1)NC. The molecule has 0 aliphatic carbocycles. The molecule has 0 aliphatic rings. The van der Waals surface area contributed by atoms with Gasteiger partial charge in [0.05, 0.1) is 10.0 Å². The van der Waals surface area contributed by atoms with Crippen LogP contribution in [0.15, 0.2) is 18.2 Å². The number of hydrogen-bond acceptors (Lipinski definition) is 1. The van der Waals surface area contributed by atoms with Gasteiger partial charge in [-0.25, -0.2) is 0 Å². The molecule has 0 fully saturated rings. The van der Waals surface area contributed by atoms with Gasteiger partial charge in [-0.2, -0.15) is 0 Å². The highest BCUT2D eigenvalue weighted by Gasteiger charge is 2.15. The molecule has 17 heavy (non-hydrogen) atoms. The third-order valence-electron chi connectivity index (χ3n) is 3.24. The lowest BCUT2D eigenvalue weighted by Gasteiger charge is -2.23. The molecule has 0 saturated carbocycles. The summed E-state index contributed by atoms with van der Waals surface area (Å²) in [6.07, 6.45) is 3.46. The van der Waals surface area contributed by atoms with Gasteiger partial charge in [-0.15, -0.1) is 0 Å². The van der Waals surface area contributed by atoms with Gasteiger partial charge in [0.2, 0.25) is 0 Å². The van der Waals surface area contributed by atoms with Crippen molar-refractivity contribution in [1.82, 2.24) is 5.32 Å². The highest BCUT2D eigenvalue weighted by atomic mass is 35.5. The first-order valence-corrected chi connectivity index (χ1v) is 6.95. The second-order valence-corrected chi connectivity index (χ2v) is 5.43. The molecular weight excluding hydrogens is 253 g/mol. The lowest BCUT2D eigenvalue weighted by molar-refractivity contribution is 0.371. The van der Waals surface area contributed by atoms with E-state index in [0.717, 1.165) is 6.42 Å². The Labute approximate surface area is 115 Å². The summed E-state index contributed by atoms with van der Waals surface area (Å²) in [5.41, 5.74) is 1.24. The fourth-order valence-corrected chi connectivity index (χ4v) is 2.49. The van der Waals surface area contributed by atoms with Crippen molar-refractivity contribution in [2.45, 2.75) is 39.2 Å². The predicted octanol–water partition coefficient (Wildman–Crippen LogP) is 4.56. The van der Waals surface area contributed by atoms with Crippen molar-refractivity contribution in [3.05, 3.63) is 33.8 Å². The van der Waals surface area contributed by atoms with Gasteiger partial charge in [0.15, 0.2) is 0 Å². The maximum atomic E-state index is 6.03. The van der Waals surface area contributed by atoms with Crippen LogP contribution in [0.3, 0.4) is 0 Å². The molecule has 0 radical (unpaired) electrons. The molecule has 2 unspecified atom stereocenters. The van der Waals surface area contributed by atoms with Crippen LogP contribution in [0.25, 0.3) is 0 Å². The third-order valence-corrected chi connectivity index (χ3v) is 3.98. The van der Waals surface area contributed by atoms with E-state index in [1.165, 1.54) is 18.4 Å². The van der Waals surface area contributed by atoms with Crippen molar-refractivity contribution in [3.63, 3.8) is 0 Å². The number of nitrogens with one attached hydrogen (secondary N) is 1. The molecule has 1 nitrogen and oxygen atoms in total. The second kappa shape index (κ2) is 7.25. The molecule has 0 spiro atoms. The Morgan fingerprint density at radius 2 is 1.94 bits per heavy atom. The lowest BCUT2D eigenvalue weighted by Crippen LogP contribution is -2.34. The normalized spacial score (nSPS) is 14.6. The Balaban J connectivity index is 2.70. The van der Waals surface area contributed by atoms with Crippen LogP contribution in [-0.4, -0.2) is 13.1 Å². The quantitative estimate of drug-likeness (QED) is 0.801. The molecule has 0 aliphatic heterocycles. The van der Waals surface area contributed by atoms with Crippen LogP contribution in [0.5, 0.6) is 0 Å². The summed E-state index contributed by atoms with van der Waals surface area (Å²) in [5, 5.41) is 4.66. The zero-order valence-electron chi connectivity index (χ0n) is 10.8. The van der Waals surface area contributed by atoms with Gasteiger partial charge in [-0.3, -0.25) is 0 Å². The minimum atomic E-state index is 0.493. The molecule has 2 atom stereocenters. The van der Waals surface area contributed by atoms with Crippen molar-refractivity contribution >= 4 is 23.2 Å². The summed E-state index contributed by atoms with van der Waals surface area (Å²) in [7, 11) is 2.02. The number of rotatable bonds is 6. The van der Waals surface area contributed by atoms with Crippen LogP contribution >= 0.6 is 23.2 Å². The fraction of sp³-hybridized carbons (Fsp3) is 0.571. The Morgan fingerprint density at radius 3 is 2.47 bits per heavy atom. The molecular formula is C14H21Cl2N. The summed E-state index contributed by atoms with van der Waals surface area (Å²) < 4.78 is 0. The van der Waals surface area contributed by atoms with E-state index in [2.05, 4.69) is 25.2 Å². The molecule has 96 valence electrons. The van der Waals surface area contributed by atoms with Crippen LogP contribution < -0.4 is 5.32 Å². The summed E-state index contributed by atoms with van der Waals surface area (Å²) in [6, 6.07) is 6.38. The van der Waals surface area contributed by atoms with Crippen molar-refractivity contribution in [2.24, 2.45) is 5.92 Å². The maximum Gasteiger partial charge on any atom is 0.0595 e. The van der Waals surface area contributed by atoms with Gasteiger partial charge in [0, 0.05) is 6.04 Å². The van der Waals surface area contributed by atoms with E-state index in [1.54, 1.807) is 0 Å². The van der Waals surface area contributed by atoms with Crippen molar-refractivity contribution < 1.29 is 0 Å². The number of halogens is 2. The average molecular weight is 274 g/mol. The van der Waals surface area contributed by atoms with Gasteiger partial charge < -0.3 is 5.32 Å². The van der Waals surface area contributed by atoms with Gasteiger partial charge >= 0.3 is 0 Å². The van der Waals surface area contributed by atoms with Gasteiger partial charge in [-0.05, 0) is 43.5 Å². The topological polar surface area (TPSA) is 12.0 Å². The zero-order valence-corrected chi connectivity index (χ0v) is 12.3. The molecule has 0 aromatic heterocycles. The van der Waals surface area contributed by atoms with E-state index in [4.69, 9.17) is 23.2 Å². The molecule has 0 heterocycles. The van der Waals surface area contributed by atoms with Crippen molar-refractivity contribution in [3.8, 4) is 0 Å². The molecule has 0 saturated heterocycles. The van der Waals surface area contributed by atoms with Crippen LogP contribution in [0.2, 0.25) is 10.0 Å². The number of likely N-dealkylation sites (N-methyl/N-ethyl adjacent to an activating group) is 1. The summed E-state index contributed by atoms with van der Waals surface area (Å²) in [6.45, 7) is 4.52. The molecule has 1 rings (SSSR count). The third kappa shape index (κ3) is 4.50. The van der Waals surface area contributed by atoms with Crippen LogP contribution in [-0.2, 0) is 6.42 Å². The standard InChI is InChI=1S/C14H21Cl2N/c1-4-5-10(2)14(17-3)9-11-6-7-12(15)13(16)8-11/h6-8,10,14,17H,4-5,9H2,1-3H3. The average Bonchev–Trinajstić information content (AvgIpc) is 2.30. The molecule has 1 aromatic rings. The summed E-state index contributed by atoms with van der Waals surface area (Å²) in [5.74, 6) is 0.666. The van der Waals surface area contributed by atoms with Crippen molar-refractivity contribution in [1.29, 1.82) is 0 Å². The molecule has 0 bridgehead atoms. The Bertz CT molecular complexity index is 352. The zero-order chi connectivity index (χ0) is 12.8. The Morgan fingerprint density at radius 1 is 1.24 bits per heavy atom. The number of hydrogen-bond donors (Lipinski definition) is 1. The smallest absolute Gasteiger partial charge is 0.0595 e. The van der Waals surface area contributed by atoms with Crippen LogP contribution in [0, 0.1) is 5.92 Å². The van der Waals surface area contributed by atoms with E-state index in [9.17, 15) is 0 Å². The summed E-state index contributed by atoms with van der Waals surface area (Å²) in [4.78, 5) is 0. The van der Waals surface area contributed by atoms with E-state index in [-0.39, 0.29) is 0 Å². The number of benzene rings is 1. The van der Waals surface area contributed by atoms with E-state index in [0.29, 0.717) is 22.0 Å².